The Morgan fingerprint density at radius 3 is 3.10 bits per heavy atom. The van der Waals surface area contributed by atoms with Crippen molar-refractivity contribution in [1.29, 1.82) is 0 Å². The zero-order valence-corrected chi connectivity index (χ0v) is 6.22. The Labute approximate surface area is 60.7 Å². The molecule has 1 rings (SSSR count). The van der Waals surface area contributed by atoms with Gasteiger partial charge in [0, 0.05) is 13.0 Å². The van der Waals surface area contributed by atoms with Crippen molar-refractivity contribution in [3.8, 4) is 0 Å². The number of ether oxygens (including phenoxy) is 1. The average molecular weight is 143 g/mol. The van der Waals surface area contributed by atoms with Crippen molar-refractivity contribution in [2.75, 3.05) is 13.2 Å². The van der Waals surface area contributed by atoms with E-state index in [9.17, 15) is 4.79 Å². The second-order valence-corrected chi connectivity index (χ2v) is 2.46. The van der Waals surface area contributed by atoms with Gasteiger partial charge >= 0.3 is 0 Å². The standard InChI is InChI=1S/C7H13NO2/c1-2-10-5-6-3-4-7(9)8-6/h6H,2-5H2,1H3,(H,8,9). The number of amides is 1. The molecule has 1 N–H and O–H groups in total. The van der Waals surface area contributed by atoms with Crippen LogP contribution in [0.15, 0.2) is 0 Å². The van der Waals surface area contributed by atoms with E-state index in [1.165, 1.54) is 0 Å². The molecule has 0 aliphatic carbocycles. The van der Waals surface area contributed by atoms with Crippen molar-refractivity contribution in [2.45, 2.75) is 25.8 Å². The molecule has 1 fully saturated rings. The molecule has 1 unspecified atom stereocenters. The first-order valence-corrected chi connectivity index (χ1v) is 3.70. The van der Waals surface area contributed by atoms with Crippen molar-refractivity contribution >= 4 is 5.91 Å². The maximum atomic E-state index is 10.6. The van der Waals surface area contributed by atoms with Crippen LogP contribution in [0.4, 0.5) is 0 Å². The Morgan fingerprint density at radius 2 is 2.60 bits per heavy atom. The van der Waals surface area contributed by atoms with Gasteiger partial charge in [-0.05, 0) is 13.3 Å². The quantitative estimate of drug-likeness (QED) is 0.617. The summed E-state index contributed by atoms with van der Waals surface area (Å²) in [4.78, 5) is 10.6. The van der Waals surface area contributed by atoms with Crippen molar-refractivity contribution in [2.24, 2.45) is 0 Å². The summed E-state index contributed by atoms with van der Waals surface area (Å²) in [5.74, 6) is 0.157. The molecule has 1 amide bonds. The summed E-state index contributed by atoms with van der Waals surface area (Å²) in [6, 6.07) is 0.271. The van der Waals surface area contributed by atoms with Crippen LogP contribution in [0.3, 0.4) is 0 Å². The second-order valence-electron chi connectivity index (χ2n) is 2.46. The summed E-state index contributed by atoms with van der Waals surface area (Å²) in [7, 11) is 0. The van der Waals surface area contributed by atoms with Crippen LogP contribution in [0, 0.1) is 0 Å². The first-order chi connectivity index (χ1) is 4.83. The molecule has 1 saturated heterocycles. The Bertz CT molecular complexity index is 125. The molecule has 0 saturated carbocycles. The summed E-state index contributed by atoms with van der Waals surface area (Å²) in [6.07, 6.45) is 1.59. The number of carbonyl (C=O) groups excluding carboxylic acids is 1. The number of hydrogen-bond acceptors (Lipinski definition) is 2. The molecule has 0 aromatic heterocycles. The summed E-state index contributed by atoms with van der Waals surface area (Å²) in [5, 5.41) is 2.82. The molecule has 0 radical (unpaired) electrons. The highest BCUT2D eigenvalue weighted by Gasteiger charge is 2.19. The van der Waals surface area contributed by atoms with Gasteiger partial charge in [0.25, 0.3) is 0 Å². The highest BCUT2D eigenvalue weighted by molar-refractivity contribution is 5.78. The van der Waals surface area contributed by atoms with Gasteiger partial charge in [0.05, 0.1) is 12.6 Å². The van der Waals surface area contributed by atoms with Crippen LogP contribution in [0.5, 0.6) is 0 Å². The topological polar surface area (TPSA) is 38.3 Å². The van der Waals surface area contributed by atoms with Crippen LogP contribution in [0.1, 0.15) is 19.8 Å². The lowest BCUT2D eigenvalue weighted by Gasteiger charge is -2.07. The van der Waals surface area contributed by atoms with Gasteiger partial charge < -0.3 is 10.1 Å². The molecular formula is C7H13NO2. The van der Waals surface area contributed by atoms with Crippen molar-refractivity contribution in [3.63, 3.8) is 0 Å². The van der Waals surface area contributed by atoms with E-state index in [-0.39, 0.29) is 11.9 Å². The Hall–Kier alpha value is -0.570. The first-order valence-electron chi connectivity index (χ1n) is 3.70. The molecule has 1 aliphatic heterocycles. The third kappa shape index (κ3) is 1.99. The average Bonchev–Trinajstić information content (AvgIpc) is 2.31. The highest BCUT2D eigenvalue weighted by Crippen LogP contribution is 2.05. The van der Waals surface area contributed by atoms with Crippen molar-refractivity contribution in [1.82, 2.24) is 5.32 Å². The van der Waals surface area contributed by atoms with E-state index in [4.69, 9.17) is 4.74 Å². The van der Waals surface area contributed by atoms with Crippen LogP contribution in [-0.4, -0.2) is 25.2 Å². The number of nitrogens with one attached hydrogen (secondary N) is 1. The van der Waals surface area contributed by atoms with Crippen molar-refractivity contribution < 1.29 is 9.53 Å². The van der Waals surface area contributed by atoms with Gasteiger partial charge in [-0.15, -0.1) is 0 Å². The van der Waals surface area contributed by atoms with E-state index in [1.807, 2.05) is 6.92 Å². The normalized spacial score (nSPS) is 24.9. The second kappa shape index (κ2) is 3.56. The van der Waals surface area contributed by atoms with E-state index in [0.29, 0.717) is 13.0 Å². The smallest absolute Gasteiger partial charge is 0.220 e. The molecule has 0 bridgehead atoms. The maximum Gasteiger partial charge on any atom is 0.220 e. The summed E-state index contributed by atoms with van der Waals surface area (Å²) < 4.78 is 5.15. The van der Waals surface area contributed by atoms with Gasteiger partial charge in [0.1, 0.15) is 0 Å². The largest absolute Gasteiger partial charge is 0.380 e. The Morgan fingerprint density at radius 1 is 1.80 bits per heavy atom. The highest BCUT2D eigenvalue weighted by atomic mass is 16.5. The summed E-state index contributed by atoms with van der Waals surface area (Å²) in [6.45, 7) is 3.35. The van der Waals surface area contributed by atoms with Gasteiger partial charge in [-0.1, -0.05) is 0 Å². The Balaban J connectivity index is 2.12. The zero-order valence-electron chi connectivity index (χ0n) is 6.22. The van der Waals surface area contributed by atoms with Gasteiger partial charge in [-0.25, -0.2) is 0 Å². The lowest BCUT2D eigenvalue weighted by atomic mass is 10.2. The van der Waals surface area contributed by atoms with Crippen LogP contribution >= 0.6 is 0 Å². The van der Waals surface area contributed by atoms with Gasteiger partial charge in [0.2, 0.25) is 5.91 Å². The van der Waals surface area contributed by atoms with Crippen LogP contribution in [0.2, 0.25) is 0 Å². The van der Waals surface area contributed by atoms with E-state index >= 15 is 0 Å². The minimum atomic E-state index is 0.157. The fourth-order valence-corrected chi connectivity index (χ4v) is 1.06. The molecule has 1 aliphatic rings. The Kier molecular flexibility index (Phi) is 2.68. The van der Waals surface area contributed by atoms with E-state index in [1.54, 1.807) is 0 Å². The summed E-state index contributed by atoms with van der Waals surface area (Å²) >= 11 is 0. The summed E-state index contributed by atoms with van der Waals surface area (Å²) in [5.41, 5.74) is 0. The van der Waals surface area contributed by atoms with E-state index in [2.05, 4.69) is 5.32 Å². The van der Waals surface area contributed by atoms with E-state index in [0.717, 1.165) is 13.0 Å². The molecule has 1 heterocycles. The minimum absolute atomic E-state index is 0.157. The van der Waals surface area contributed by atoms with Crippen LogP contribution < -0.4 is 5.32 Å². The maximum absolute atomic E-state index is 10.6. The van der Waals surface area contributed by atoms with Crippen molar-refractivity contribution in [3.05, 3.63) is 0 Å². The molecule has 58 valence electrons. The van der Waals surface area contributed by atoms with Gasteiger partial charge in [-0.2, -0.15) is 0 Å². The minimum Gasteiger partial charge on any atom is -0.380 e. The van der Waals surface area contributed by atoms with E-state index < -0.39 is 0 Å². The molecule has 1 atom stereocenters. The van der Waals surface area contributed by atoms with Crippen LogP contribution in [-0.2, 0) is 9.53 Å². The number of hydrogen-bond donors (Lipinski definition) is 1. The SMILES string of the molecule is CCOCC1CCC(=O)N1. The third-order valence-electron chi connectivity index (χ3n) is 1.61. The third-order valence-corrected chi connectivity index (χ3v) is 1.61. The fourth-order valence-electron chi connectivity index (χ4n) is 1.06. The predicted octanol–water partition coefficient (Wildman–Crippen LogP) is 0.301. The lowest BCUT2D eigenvalue weighted by molar-refractivity contribution is -0.119. The monoisotopic (exact) mass is 143 g/mol. The first kappa shape index (κ1) is 7.54. The molecule has 10 heavy (non-hydrogen) atoms. The molecule has 0 aromatic carbocycles. The predicted molar refractivity (Wildman–Crippen MR) is 37.7 cm³/mol. The number of carbonyl (C=O) groups is 1. The lowest BCUT2D eigenvalue weighted by Crippen LogP contribution is -2.29. The number of rotatable bonds is 3. The molecule has 3 heteroatoms. The molecule has 0 aromatic rings. The molecular weight excluding hydrogens is 130 g/mol. The van der Waals surface area contributed by atoms with Gasteiger partial charge in [0.15, 0.2) is 0 Å². The fraction of sp³-hybridized carbons (Fsp3) is 0.857. The zero-order chi connectivity index (χ0) is 7.40. The molecule has 3 nitrogen and oxygen atoms in total. The van der Waals surface area contributed by atoms with Gasteiger partial charge in [-0.3, -0.25) is 4.79 Å². The van der Waals surface area contributed by atoms with Crippen LogP contribution in [0.25, 0.3) is 0 Å². The molecule has 0 spiro atoms.